The van der Waals surface area contributed by atoms with Gasteiger partial charge >= 0.3 is 12.6 Å². The number of hydrogen-bond acceptors (Lipinski definition) is 5. The molecule has 0 fully saturated rings. The second-order valence-electron chi connectivity index (χ2n) is 4.07. The Morgan fingerprint density at radius 3 is 2.82 bits per heavy atom. The lowest BCUT2D eigenvalue weighted by Gasteiger charge is -2.08. The SMILES string of the molecule is N#CCCCOC(=O)CNC(=O)c1cccc(OC(F)F)c1. The van der Waals surface area contributed by atoms with Gasteiger partial charge in [-0.05, 0) is 24.6 Å². The summed E-state index contributed by atoms with van der Waals surface area (Å²) in [5, 5.41) is 10.6. The van der Waals surface area contributed by atoms with Crippen LogP contribution in [0.5, 0.6) is 5.75 Å². The Kier molecular flexibility index (Phi) is 7.33. The molecule has 1 aromatic rings. The number of nitrogens with zero attached hydrogens (tertiary/aromatic N) is 1. The summed E-state index contributed by atoms with van der Waals surface area (Å²) >= 11 is 0. The van der Waals surface area contributed by atoms with Gasteiger partial charge in [0.05, 0.1) is 12.7 Å². The molecule has 1 amide bonds. The van der Waals surface area contributed by atoms with Crippen LogP contribution in [0.1, 0.15) is 23.2 Å². The van der Waals surface area contributed by atoms with Crippen LogP contribution in [0, 0.1) is 11.3 Å². The lowest BCUT2D eigenvalue weighted by atomic mass is 10.2. The van der Waals surface area contributed by atoms with Crippen molar-refractivity contribution in [3.05, 3.63) is 29.8 Å². The molecule has 0 heterocycles. The number of nitrogens with one attached hydrogen (secondary N) is 1. The zero-order valence-electron chi connectivity index (χ0n) is 11.6. The minimum absolute atomic E-state index is 0.0791. The number of nitriles is 1. The van der Waals surface area contributed by atoms with Crippen molar-refractivity contribution < 1.29 is 27.8 Å². The average Bonchev–Trinajstić information content (AvgIpc) is 2.49. The molecule has 0 saturated heterocycles. The first-order valence-corrected chi connectivity index (χ1v) is 6.38. The number of carbonyl (C=O) groups excluding carboxylic acids is 2. The highest BCUT2D eigenvalue weighted by Crippen LogP contribution is 2.15. The van der Waals surface area contributed by atoms with Crippen molar-refractivity contribution in [3.8, 4) is 11.8 Å². The van der Waals surface area contributed by atoms with Gasteiger partial charge in [-0.3, -0.25) is 9.59 Å². The normalized spacial score (nSPS) is 9.91. The van der Waals surface area contributed by atoms with Crippen LogP contribution in [0.4, 0.5) is 8.78 Å². The first kappa shape index (κ1) is 17.4. The van der Waals surface area contributed by atoms with Crippen LogP contribution in [0.2, 0.25) is 0 Å². The van der Waals surface area contributed by atoms with E-state index in [1.54, 1.807) is 0 Å². The lowest BCUT2D eigenvalue weighted by molar-refractivity contribution is -0.142. The summed E-state index contributed by atoms with van der Waals surface area (Å²) in [4.78, 5) is 23.1. The average molecular weight is 312 g/mol. The first-order valence-electron chi connectivity index (χ1n) is 6.38. The summed E-state index contributed by atoms with van der Waals surface area (Å²) in [6.07, 6.45) is 0.694. The summed E-state index contributed by atoms with van der Waals surface area (Å²) < 4.78 is 33.1. The van der Waals surface area contributed by atoms with Crippen LogP contribution in [-0.2, 0) is 9.53 Å². The third-order valence-electron chi connectivity index (χ3n) is 2.41. The second-order valence-corrected chi connectivity index (χ2v) is 4.07. The molecule has 118 valence electrons. The number of benzene rings is 1. The minimum Gasteiger partial charge on any atom is -0.464 e. The van der Waals surface area contributed by atoms with Gasteiger partial charge in [0.2, 0.25) is 0 Å². The quantitative estimate of drug-likeness (QED) is 0.585. The van der Waals surface area contributed by atoms with Crippen molar-refractivity contribution in [1.82, 2.24) is 5.32 Å². The molecule has 1 rings (SSSR count). The highest BCUT2D eigenvalue weighted by atomic mass is 19.3. The van der Waals surface area contributed by atoms with Crippen molar-refractivity contribution in [1.29, 1.82) is 5.26 Å². The molecule has 0 bridgehead atoms. The van der Waals surface area contributed by atoms with E-state index in [0.29, 0.717) is 6.42 Å². The Bertz CT molecular complexity index is 558. The van der Waals surface area contributed by atoms with E-state index in [-0.39, 0.29) is 30.9 Å². The fourth-order valence-corrected chi connectivity index (χ4v) is 1.46. The molecular weight excluding hydrogens is 298 g/mol. The van der Waals surface area contributed by atoms with Gasteiger partial charge in [-0.25, -0.2) is 0 Å². The fourth-order valence-electron chi connectivity index (χ4n) is 1.46. The molecule has 0 aliphatic rings. The second kappa shape index (κ2) is 9.28. The summed E-state index contributed by atoms with van der Waals surface area (Å²) in [7, 11) is 0. The monoisotopic (exact) mass is 312 g/mol. The van der Waals surface area contributed by atoms with E-state index in [4.69, 9.17) is 10.00 Å². The number of ether oxygens (including phenoxy) is 2. The number of rotatable bonds is 8. The van der Waals surface area contributed by atoms with Gasteiger partial charge in [0.25, 0.3) is 5.91 Å². The molecule has 6 nitrogen and oxygen atoms in total. The molecular formula is C14H14F2N2O4. The van der Waals surface area contributed by atoms with Crippen LogP contribution in [-0.4, -0.2) is 31.6 Å². The smallest absolute Gasteiger partial charge is 0.387 e. The number of amides is 1. The molecule has 1 N–H and O–H groups in total. The minimum atomic E-state index is -2.98. The third kappa shape index (κ3) is 6.65. The van der Waals surface area contributed by atoms with Crippen molar-refractivity contribution >= 4 is 11.9 Å². The number of esters is 1. The predicted octanol–water partition coefficient (Wildman–Crippen LogP) is 1.86. The molecule has 0 saturated carbocycles. The van der Waals surface area contributed by atoms with Crippen LogP contribution in [0.3, 0.4) is 0 Å². The summed E-state index contributed by atoms with van der Waals surface area (Å²) in [5.74, 6) is -1.42. The largest absolute Gasteiger partial charge is 0.464 e. The lowest BCUT2D eigenvalue weighted by Crippen LogP contribution is -2.30. The van der Waals surface area contributed by atoms with Crippen molar-refractivity contribution in [2.75, 3.05) is 13.2 Å². The zero-order valence-corrected chi connectivity index (χ0v) is 11.6. The number of halogens is 2. The molecule has 1 aromatic carbocycles. The number of hydrogen-bond donors (Lipinski definition) is 1. The van der Waals surface area contributed by atoms with E-state index in [1.807, 2.05) is 6.07 Å². The van der Waals surface area contributed by atoms with Crippen LogP contribution in [0.15, 0.2) is 24.3 Å². The third-order valence-corrected chi connectivity index (χ3v) is 2.41. The van der Waals surface area contributed by atoms with E-state index in [2.05, 4.69) is 10.1 Å². The Balaban J connectivity index is 2.42. The van der Waals surface area contributed by atoms with E-state index < -0.39 is 18.5 Å². The molecule has 22 heavy (non-hydrogen) atoms. The molecule has 0 atom stereocenters. The van der Waals surface area contributed by atoms with Gasteiger partial charge in [0.1, 0.15) is 12.3 Å². The number of carbonyl (C=O) groups is 2. The Hall–Kier alpha value is -2.69. The maximum atomic E-state index is 12.1. The van der Waals surface area contributed by atoms with E-state index in [1.165, 1.54) is 18.2 Å². The van der Waals surface area contributed by atoms with Crippen molar-refractivity contribution in [2.45, 2.75) is 19.5 Å². The maximum Gasteiger partial charge on any atom is 0.387 e. The van der Waals surface area contributed by atoms with Gasteiger partial charge in [-0.1, -0.05) is 6.07 Å². The molecule has 8 heteroatoms. The molecule has 0 aliphatic carbocycles. The Morgan fingerprint density at radius 2 is 2.14 bits per heavy atom. The standard InChI is InChI=1S/C14H14F2N2O4/c15-14(16)22-11-5-3-4-10(8-11)13(20)18-9-12(19)21-7-2-1-6-17/h3-5,8,14H,1-2,7,9H2,(H,18,20). The highest BCUT2D eigenvalue weighted by molar-refractivity contribution is 5.96. The summed E-state index contributed by atoms with van der Waals surface area (Å²) in [5.41, 5.74) is 0.0791. The maximum absolute atomic E-state index is 12.1. The first-order chi connectivity index (χ1) is 10.5. The number of alkyl halides is 2. The van der Waals surface area contributed by atoms with Crippen molar-refractivity contribution in [2.24, 2.45) is 0 Å². The molecule has 0 spiro atoms. The van der Waals surface area contributed by atoms with Gasteiger partial charge in [0, 0.05) is 12.0 Å². The van der Waals surface area contributed by atoms with E-state index in [9.17, 15) is 18.4 Å². The Morgan fingerprint density at radius 1 is 1.36 bits per heavy atom. The number of unbranched alkanes of at least 4 members (excludes halogenated alkanes) is 1. The molecule has 0 aromatic heterocycles. The van der Waals surface area contributed by atoms with Gasteiger partial charge in [0.15, 0.2) is 0 Å². The zero-order chi connectivity index (χ0) is 16.4. The summed E-state index contributed by atoms with van der Waals surface area (Å²) in [6, 6.07) is 7.10. The van der Waals surface area contributed by atoms with Gasteiger partial charge in [-0.15, -0.1) is 0 Å². The predicted molar refractivity (Wildman–Crippen MR) is 71.2 cm³/mol. The van der Waals surface area contributed by atoms with Crippen LogP contribution >= 0.6 is 0 Å². The van der Waals surface area contributed by atoms with Gasteiger partial charge in [-0.2, -0.15) is 14.0 Å². The molecule has 0 aliphatic heterocycles. The van der Waals surface area contributed by atoms with E-state index in [0.717, 1.165) is 6.07 Å². The highest BCUT2D eigenvalue weighted by Gasteiger charge is 2.11. The van der Waals surface area contributed by atoms with Crippen LogP contribution in [0.25, 0.3) is 0 Å². The summed E-state index contributed by atoms with van der Waals surface area (Å²) in [6.45, 7) is -3.24. The molecule has 0 radical (unpaired) electrons. The topological polar surface area (TPSA) is 88.4 Å². The van der Waals surface area contributed by atoms with E-state index >= 15 is 0 Å². The van der Waals surface area contributed by atoms with Crippen LogP contribution < -0.4 is 10.1 Å². The molecule has 0 unspecified atom stereocenters. The fraction of sp³-hybridized carbons (Fsp3) is 0.357. The van der Waals surface area contributed by atoms with Crippen molar-refractivity contribution in [3.63, 3.8) is 0 Å². The Labute approximate surface area is 125 Å². The van der Waals surface area contributed by atoms with Gasteiger partial charge < -0.3 is 14.8 Å².